The maximum atomic E-state index is 13.0. The summed E-state index contributed by atoms with van der Waals surface area (Å²) in [5.74, 6) is -0.891. The lowest BCUT2D eigenvalue weighted by atomic mass is 10.0. The van der Waals surface area contributed by atoms with Crippen molar-refractivity contribution in [3.05, 3.63) is 72.9 Å². The van der Waals surface area contributed by atoms with E-state index in [2.05, 4.69) is 93.7 Å². The Morgan fingerprint density at radius 2 is 0.494 bits per heavy atom. The van der Waals surface area contributed by atoms with E-state index in [-0.39, 0.29) is 31.1 Å². The minimum Gasteiger partial charge on any atom is -0.462 e. The molecule has 1 atom stereocenters. The van der Waals surface area contributed by atoms with Gasteiger partial charge in [0, 0.05) is 19.3 Å². The van der Waals surface area contributed by atoms with Crippen molar-refractivity contribution in [1.29, 1.82) is 0 Å². The first-order valence-corrected chi connectivity index (χ1v) is 34.4. The lowest BCUT2D eigenvalue weighted by molar-refractivity contribution is -0.167. The lowest BCUT2D eigenvalue weighted by Gasteiger charge is -2.18. The summed E-state index contributed by atoms with van der Waals surface area (Å²) in [5.41, 5.74) is 0. The van der Waals surface area contributed by atoms with E-state index in [1.807, 2.05) is 0 Å². The molecule has 0 heterocycles. The van der Waals surface area contributed by atoms with E-state index in [1.165, 1.54) is 212 Å². The van der Waals surface area contributed by atoms with Gasteiger partial charge in [-0.25, -0.2) is 0 Å². The molecule has 0 saturated heterocycles. The number of esters is 3. The van der Waals surface area contributed by atoms with Crippen LogP contribution < -0.4 is 0 Å². The van der Waals surface area contributed by atoms with Gasteiger partial charge in [0.05, 0.1) is 0 Å². The molecule has 79 heavy (non-hydrogen) atoms. The summed E-state index contributed by atoms with van der Waals surface area (Å²) in [6, 6.07) is 0. The highest BCUT2D eigenvalue weighted by molar-refractivity contribution is 5.71. The fraction of sp³-hybridized carbons (Fsp3) is 0.795. The molecule has 0 rings (SSSR count). The van der Waals surface area contributed by atoms with E-state index >= 15 is 0 Å². The Bertz CT molecular complexity index is 1450. The van der Waals surface area contributed by atoms with Gasteiger partial charge in [0.25, 0.3) is 0 Å². The van der Waals surface area contributed by atoms with Crippen molar-refractivity contribution in [3.8, 4) is 0 Å². The monoisotopic (exact) mass is 1100 g/mol. The maximum absolute atomic E-state index is 13.0. The zero-order chi connectivity index (χ0) is 57.1. The Balaban J connectivity index is 4.36. The summed E-state index contributed by atoms with van der Waals surface area (Å²) in [4.78, 5) is 38.4. The SMILES string of the molecule is CC/C=C\C/C=C\C/C=C\C/C=C\CCCCCCC(=O)OCC(COC(=O)CCCCCCCCCCCCCCCCCCCCCCCCC)OC(=O)CCCCCCCCCCC/C=C\C/C=C\CCCCCCC. The Labute approximate surface area is 491 Å². The predicted molar refractivity (Wildman–Crippen MR) is 344 cm³/mol. The molecular formula is C73H130O6. The third kappa shape index (κ3) is 65.5. The smallest absolute Gasteiger partial charge is 0.306 e. The standard InChI is InChI=1S/C73H130O6/c1-4-7-10-13-16-19-22-25-28-31-33-35-36-38-39-42-45-48-51-54-57-60-63-66-72(75)78-69-70(68-77-71(74)65-62-59-56-53-50-47-44-41-30-27-24-21-18-15-12-9-6-3)79-73(76)67-64-61-58-55-52-49-46-43-40-37-34-32-29-26-23-20-17-14-11-8-5-2/h9,12,18,21,23,26-27,30,32,34,44,47,70H,4-8,10-11,13-17,19-20,22,24-25,28-29,31,33,35-43,45-46,48-69H2,1-3H3/b12-9-,21-18-,26-23-,30-27-,34-32-,47-44-. The molecule has 458 valence electrons. The Kier molecular flexibility index (Phi) is 64.7. The summed E-state index contributed by atoms with van der Waals surface area (Å²) in [6.07, 6.45) is 87.8. The van der Waals surface area contributed by atoms with Crippen molar-refractivity contribution >= 4 is 17.9 Å². The zero-order valence-electron chi connectivity index (χ0n) is 52.6. The number of allylic oxidation sites excluding steroid dienone is 12. The second kappa shape index (κ2) is 67.4. The molecule has 0 bridgehead atoms. The van der Waals surface area contributed by atoms with E-state index in [1.54, 1.807) is 0 Å². The van der Waals surface area contributed by atoms with Crippen molar-refractivity contribution in [2.45, 2.75) is 361 Å². The molecule has 0 aliphatic carbocycles. The van der Waals surface area contributed by atoms with Crippen molar-refractivity contribution < 1.29 is 28.6 Å². The van der Waals surface area contributed by atoms with Crippen molar-refractivity contribution in [1.82, 2.24) is 0 Å². The first kappa shape index (κ1) is 75.8. The van der Waals surface area contributed by atoms with Gasteiger partial charge in [-0.1, -0.05) is 318 Å². The van der Waals surface area contributed by atoms with Crippen LogP contribution in [-0.4, -0.2) is 37.2 Å². The maximum Gasteiger partial charge on any atom is 0.306 e. The Morgan fingerprint density at radius 1 is 0.266 bits per heavy atom. The van der Waals surface area contributed by atoms with Gasteiger partial charge in [-0.05, 0) is 89.9 Å². The molecule has 0 amide bonds. The van der Waals surface area contributed by atoms with E-state index in [0.29, 0.717) is 19.3 Å². The summed E-state index contributed by atoms with van der Waals surface area (Å²) in [6.45, 7) is 6.55. The molecule has 0 spiro atoms. The summed E-state index contributed by atoms with van der Waals surface area (Å²) >= 11 is 0. The van der Waals surface area contributed by atoms with Gasteiger partial charge >= 0.3 is 17.9 Å². The minimum atomic E-state index is -0.789. The molecule has 1 unspecified atom stereocenters. The van der Waals surface area contributed by atoms with Crippen LogP contribution in [0.2, 0.25) is 0 Å². The quantitative estimate of drug-likeness (QED) is 0.0261. The third-order valence-electron chi connectivity index (χ3n) is 15.2. The van der Waals surface area contributed by atoms with Crippen LogP contribution in [-0.2, 0) is 28.6 Å². The highest BCUT2D eigenvalue weighted by Crippen LogP contribution is 2.18. The fourth-order valence-corrected chi connectivity index (χ4v) is 10.1. The number of carbonyl (C=O) groups is 3. The second-order valence-electron chi connectivity index (χ2n) is 23.1. The predicted octanol–water partition coefficient (Wildman–Crippen LogP) is 23.7. The average Bonchev–Trinajstić information content (AvgIpc) is 3.45. The van der Waals surface area contributed by atoms with E-state index < -0.39 is 6.10 Å². The number of ether oxygens (including phenoxy) is 3. The number of carbonyl (C=O) groups excluding carboxylic acids is 3. The zero-order valence-corrected chi connectivity index (χ0v) is 52.6. The molecule has 0 aromatic heterocycles. The molecule has 0 aliphatic rings. The van der Waals surface area contributed by atoms with Gasteiger partial charge in [-0.3, -0.25) is 14.4 Å². The van der Waals surface area contributed by atoms with Crippen LogP contribution in [0.3, 0.4) is 0 Å². The van der Waals surface area contributed by atoms with Crippen LogP contribution >= 0.6 is 0 Å². The Morgan fingerprint density at radius 3 is 0.772 bits per heavy atom. The van der Waals surface area contributed by atoms with Crippen molar-refractivity contribution in [3.63, 3.8) is 0 Å². The fourth-order valence-electron chi connectivity index (χ4n) is 10.1. The topological polar surface area (TPSA) is 78.9 Å². The molecule has 6 nitrogen and oxygen atoms in total. The molecule has 0 radical (unpaired) electrons. The molecule has 0 N–H and O–H groups in total. The summed E-state index contributed by atoms with van der Waals surface area (Å²) < 4.78 is 17.0. The van der Waals surface area contributed by atoms with Crippen molar-refractivity contribution in [2.75, 3.05) is 13.2 Å². The average molecular weight is 1100 g/mol. The first-order valence-electron chi connectivity index (χ1n) is 34.4. The number of hydrogen-bond donors (Lipinski definition) is 0. The van der Waals surface area contributed by atoms with Gasteiger partial charge in [-0.15, -0.1) is 0 Å². The molecular weight excluding hydrogens is 973 g/mol. The normalized spacial score (nSPS) is 12.5. The van der Waals surface area contributed by atoms with Crippen LogP contribution in [0.15, 0.2) is 72.9 Å². The van der Waals surface area contributed by atoms with Gasteiger partial charge < -0.3 is 14.2 Å². The molecule has 0 aromatic carbocycles. The molecule has 6 heteroatoms. The van der Waals surface area contributed by atoms with E-state index in [9.17, 15) is 14.4 Å². The molecule has 0 saturated carbocycles. The van der Waals surface area contributed by atoms with E-state index in [0.717, 1.165) is 103 Å². The van der Waals surface area contributed by atoms with Gasteiger partial charge in [0.2, 0.25) is 0 Å². The molecule has 0 aliphatic heterocycles. The number of unbranched alkanes of at least 4 members (excludes halogenated alkanes) is 40. The number of hydrogen-bond acceptors (Lipinski definition) is 6. The summed E-state index contributed by atoms with van der Waals surface area (Å²) in [5, 5.41) is 0. The van der Waals surface area contributed by atoms with Crippen LogP contribution in [0.1, 0.15) is 355 Å². The largest absolute Gasteiger partial charge is 0.462 e. The first-order chi connectivity index (χ1) is 39.0. The lowest BCUT2D eigenvalue weighted by Crippen LogP contribution is -2.30. The second-order valence-corrected chi connectivity index (χ2v) is 23.1. The van der Waals surface area contributed by atoms with Crippen molar-refractivity contribution in [2.24, 2.45) is 0 Å². The van der Waals surface area contributed by atoms with E-state index in [4.69, 9.17) is 14.2 Å². The highest BCUT2D eigenvalue weighted by Gasteiger charge is 2.19. The van der Waals surface area contributed by atoms with Crippen LogP contribution in [0, 0.1) is 0 Å². The minimum absolute atomic E-state index is 0.0819. The highest BCUT2D eigenvalue weighted by atomic mass is 16.6. The van der Waals surface area contributed by atoms with Crippen LogP contribution in [0.25, 0.3) is 0 Å². The summed E-state index contributed by atoms with van der Waals surface area (Å²) in [7, 11) is 0. The van der Waals surface area contributed by atoms with Crippen LogP contribution in [0.4, 0.5) is 0 Å². The van der Waals surface area contributed by atoms with Gasteiger partial charge in [0.15, 0.2) is 6.10 Å². The molecule has 0 aromatic rings. The Hall–Kier alpha value is -3.15. The van der Waals surface area contributed by atoms with Gasteiger partial charge in [0.1, 0.15) is 13.2 Å². The van der Waals surface area contributed by atoms with Gasteiger partial charge in [-0.2, -0.15) is 0 Å². The third-order valence-corrected chi connectivity index (χ3v) is 15.2. The number of rotatable bonds is 63. The molecule has 0 fully saturated rings. The van der Waals surface area contributed by atoms with Crippen LogP contribution in [0.5, 0.6) is 0 Å².